The number of nitrogens with two attached hydrogens (primary N) is 1. The van der Waals surface area contributed by atoms with Crippen molar-refractivity contribution in [2.45, 2.75) is 63.8 Å². The number of hydrogen-bond acceptors (Lipinski definition) is 2. The average Bonchev–Trinajstić information content (AvgIpc) is 2.32. The molecular formula is C14H26N2O. The zero-order valence-electron chi connectivity index (χ0n) is 10.8. The van der Waals surface area contributed by atoms with Crippen molar-refractivity contribution in [1.82, 2.24) is 5.32 Å². The number of carbonyl (C=O) groups excluding carboxylic acids is 1. The molecular weight excluding hydrogens is 212 g/mol. The summed E-state index contributed by atoms with van der Waals surface area (Å²) in [5.41, 5.74) is 5.81. The molecule has 0 aromatic rings. The van der Waals surface area contributed by atoms with Crippen LogP contribution in [0.4, 0.5) is 0 Å². The van der Waals surface area contributed by atoms with E-state index in [4.69, 9.17) is 5.73 Å². The molecule has 0 spiro atoms. The summed E-state index contributed by atoms with van der Waals surface area (Å²) in [4.78, 5) is 11.9. The molecule has 2 fully saturated rings. The second kappa shape index (κ2) is 6.39. The maximum Gasteiger partial charge on any atom is 0.220 e. The van der Waals surface area contributed by atoms with E-state index in [1.54, 1.807) is 0 Å². The monoisotopic (exact) mass is 238 g/mol. The number of hydrogen-bond donors (Lipinski definition) is 2. The van der Waals surface area contributed by atoms with Crippen molar-refractivity contribution < 1.29 is 4.79 Å². The van der Waals surface area contributed by atoms with Crippen LogP contribution in [-0.2, 0) is 4.79 Å². The molecule has 2 saturated carbocycles. The molecule has 0 saturated heterocycles. The van der Waals surface area contributed by atoms with Gasteiger partial charge >= 0.3 is 0 Å². The number of nitrogens with one attached hydrogen (secondary N) is 1. The van der Waals surface area contributed by atoms with Gasteiger partial charge in [0, 0.05) is 19.0 Å². The first-order valence-corrected chi connectivity index (χ1v) is 7.29. The molecule has 1 atom stereocenters. The molecule has 1 amide bonds. The van der Waals surface area contributed by atoms with Crippen LogP contribution in [0.25, 0.3) is 0 Å². The van der Waals surface area contributed by atoms with Gasteiger partial charge in [-0.2, -0.15) is 0 Å². The minimum atomic E-state index is 0.225. The molecule has 98 valence electrons. The second-order valence-electron chi connectivity index (χ2n) is 5.81. The Bertz CT molecular complexity index is 245. The fraction of sp³-hybridized carbons (Fsp3) is 0.929. The van der Waals surface area contributed by atoms with Crippen molar-refractivity contribution >= 4 is 5.91 Å². The van der Waals surface area contributed by atoms with Gasteiger partial charge in [-0.05, 0) is 37.5 Å². The van der Waals surface area contributed by atoms with Gasteiger partial charge in [-0.3, -0.25) is 4.79 Å². The van der Waals surface area contributed by atoms with Crippen LogP contribution in [0.3, 0.4) is 0 Å². The van der Waals surface area contributed by atoms with Crippen molar-refractivity contribution in [2.24, 2.45) is 17.6 Å². The molecule has 3 nitrogen and oxygen atoms in total. The summed E-state index contributed by atoms with van der Waals surface area (Å²) < 4.78 is 0. The van der Waals surface area contributed by atoms with Crippen LogP contribution in [0.15, 0.2) is 0 Å². The summed E-state index contributed by atoms with van der Waals surface area (Å²) in [6, 6.07) is 0.225. The molecule has 3 N–H and O–H groups in total. The highest BCUT2D eigenvalue weighted by Crippen LogP contribution is 2.30. The number of rotatable bonds is 5. The van der Waals surface area contributed by atoms with Crippen molar-refractivity contribution in [2.75, 3.05) is 6.54 Å². The van der Waals surface area contributed by atoms with Crippen LogP contribution in [-0.4, -0.2) is 18.5 Å². The lowest BCUT2D eigenvalue weighted by Gasteiger charge is -2.31. The highest BCUT2D eigenvalue weighted by atomic mass is 16.1. The van der Waals surface area contributed by atoms with Gasteiger partial charge in [0.1, 0.15) is 0 Å². The normalized spacial score (nSPS) is 24.1. The lowest BCUT2D eigenvalue weighted by molar-refractivity contribution is -0.123. The van der Waals surface area contributed by atoms with Gasteiger partial charge in [0.15, 0.2) is 0 Å². The standard InChI is InChI=1S/C14H26N2O/c15-10-13(12-7-2-1-3-8-12)16-14(17)9-11-5-4-6-11/h11-13H,1-10,15H2,(H,16,17). The molecule has 0 heterocycles. The number of amides is 1. The van der Waals surface area contributed by atoms with E-state index >= 15 is 0 Å². The molecule has 0 bridgehead atoms. The van der Waals surface area contributed by atoms with Gasteiger partial charge in [-0.1, -0.05) is 25.7 Å². The Kier molecular flexibility index (Phi) is 4.84. The molecule has 1 unspecified atom stereocenters. The second-order valence-corrected chi connectivity index (χ2v) is 5.81. The molecule has 0 radical (unpaired) electrons. The Morgan fingerprint density at radius 1 is 1.12 bits per heavy atom. The molecule has 0 aromatic carbocycles. The fourth-order valence-electron chi connectivity index (χ4n) is 3.13. The largest absolute Gasteiger partial charge is 0.352 e. The maximum atomic E-state index is 11.9. The predicted octanol–water partition coefficient (Wildman–Crippen LogP) is 2.20. The zero-order valence-corrected chi connectivity index (χ0v) is 10.8. The summed E-state index contributed by atoms with van der Waals surface area (Å²) in [5, 5.41) is 3.17. The van der Waals surface area contributed by atoms with Gasteiger partial charge < -0.3 is 11.1 Å². The summed E-state index contributed by atoms with van der Waals surface area (Å²) in [6.07, 6.45) is 11.0. The fourth-order valence-corrected chi connectivity index (χ4v) is 3.13. The Labute approximate surface area is 105 Å². The molecule has 2 aliphatic carbocycles. The highest BCUT2D eigenvalue weighted by molar-refractivity contribution is 5.76. The smallest absolute Gasteiger partial charge is 0.220 e. The lowest BCUT2D eigenvalue weighted by Crippen LogP contribution is -2.46. The van der Waals surface area contributed by atoms with Crippen LogP contribution in [0.1, 0.15) is 57.8 Å². The third-order valence-electron chi connectivity index (χ3n) is 4.52. The SMILES string of the molecule is NCC(NC(=O)CC1CCC1)C1CCCCC1. The Morgan fingerprint density at radius 2 is 1.82 bits per heavy atom. The van der Waals surface area contributed by atoms with Crippen LogP contribution in [0.5, 0.6) is 0 Å². The van der Waals surface area contributed by atoms with E-state index in [1.165, 1.54) is 51.4 Å². The van der Waals surface area contributed by atoms with E-state index < -0.39 is 0 Å². The third kappa shape index (κ3) is 3.70. The topological polar surface area (TPSA) is 55.1 Å². The van der Waals surface area contributed by atoms with Gasteiger partial charge in [-0.15, -0.1) is 0 Å². The molecule has 2 rings (SSSR count). The average molecular weight is 238 g/mol. The van der Waals surface area contributed by atoms with Crippen LogP contribution < -0.4 is 11.1 Å². The minimum Gasteiger partial charge on any atom is -0.352 e. The molecule has 3 heteroatoms. The van der Waals surface area contributed by atoms with E-state index in [9.17, 15) is 4.79 Å². The Balaban J connectivity index is 1.74. The molecule has 17 heavy (non-hydrogen) atoms. The third-order valence-corrected chi connectivity index (χ3v) is 4.52. The van der Waals surface area contributed by atoms with E-state index in [0.29, 0.717) is 18.4 Å². The van der Waals surface area contributed by atoms with Crippen molar-refractivity contribution in [1.29, 1.82) is 0 Å². The van der Waals surface area contributed by atoms with Crippen LogP contribution in [0, 0.1) is 11.8 Å². The van der Waals surface area contributed by atoms with Crippen LogP contribution >= 0.6 is 0 Å². The minimum absolute atomic E-state index is 0.225. The quantitative estimate of drug-likeness (QED) is 0.771. The van der Waals surface area contributed by atoms with Gasteiger partial charge in [0.05, 0.1) is 0 Å². The number of carbonyl (C=O) groups is 1. The first kappa shape index (κ1) is 12.9. The maximum absolute atomic E-state index is 11.9. The zero-order chi connectivity index (χ0) is 12.1. The first-order valence-electron chi connectivity index (χ1n) is 7.29. The Hall–Kier alpha value is -0.570. The predicted molar refractivity (Wildman–Crippen MR) is 69.5 cm³/mol. The highest BCUT2D eigenvalue weighted by Gasteiger charge is 2.26. The molecule has 2 aliphatic rings. The van der Waals surface area contributed by atoms with E-state index in [-0.39, 0.29) is 11.9 Å². The summed E-state index contributed by atoms with van der Waals surface area (Å²) in [5.74, 6) is 1.51. The summed E-state index contributed by atoms with van der Waals surface area (Å²) in [7, 11) is 0. The Morgan fingerprint density at radius 3 is 2.35 bits per heavy atom. The first-order chi connectivity index (χ1) is 8.29. The van der Waals surface area contributed by atoms with Crippen LogP contribution in [0.2, 0.25) is 0 Å². The van der Waals surface area contributed by atoms with Crippen molar-refractivity contribution in [3.63, 3.8) is 0 Å². The molecule has 0 aromatic heterocycles. The summed E-state index contributed by atoms with van der Waals surface area (Å²) >= 11 is 0. The van der Waals surface area contributed by atoms with E-state index in [1.807, 2.05) is 0 Å². The lowest BCUT2D eigenvalue weighted by atomic mass is 9.82. The van der Waals surface area contributed by atoms with Gasteiger partial charge in [0.25, 0.3) is 0 Å². The van der Waals surface area contributed by atoms with Gasteiger partial charge in [0.2, 0.25) is 5.91 Å². The molecule has 0 aliphatic heterocycles. The van der Waals surface area contributed by atoms with E-state index in [2.05, 4.69) is 5.32 Å². The van der Waals surface area contributed by atoms with Crippen molar-refractivity contribution in [3.05, 3.63) is 0 Å². The van der Waals surface area contributed by atoms with Crippen molar-refractivity contribution in [3.8, 4) is 0 Å². The van der Waals surface area contributed by atoms with Gasteiger partial charge in [-0.25, -0.2) is 0 Å². The van der Waals surface area contributed by atoms with E-state index in [0.717, 1.165) is 6.42 Å². The summed E-state index contributed by atoms with van der Waals surface area (Å²) in [6.45, 7) is 0.598.